The first-order valence-corrected chi connectivity index (χ1v) is 16.1. The van der Waals surface area contributed by atoms with E-state index in [9.17, 15) is 4.79 Å². The van der Waals surface area contributed by atoms with Crippen molar-refractivity contribution in [2.45, 2.75) is 137 Å². The number of allylic oxidation sites excluding steroid dienone is 2. The lowest BCUT2D eigenvalue weighted by Crippen LogP contribution is -2.52. The number of hydrogen-bond donors (Lipinski definition) is 0. The van der Waals surface area contributed by atoms with Gasteiger partial charge in [-0.2, -0.15) is 0 Å². The van der Waals surface area contributed by atoms with E-state index in [4.69, 9.17) is 4.74 Å². The first-order valence-electron chi connectivity index (χ1n) is 16.1. The summed E-state index contributed by atoms with van der Waals surface area (Å²) in [7, 11) is 0. The molecule has 204 valence electrons. The maximum absolute atomic E-state index is 12.8. The minimum atomic E-state index is 0.119. The molecular weight excluding hydrogens is 440 g/mol. The van der Waals surface area contributed by atoms with Gasteiger partial charge in [0.2, 0.25) is 0 Å². The van der Waals surface area contributed by atoms with Crippen molar-refractivity contribution in [1.29, 1.82) is 0 Å². The number of rotatable bonds is 7. The molecule has 2 heteroatoms. The van der Waals surface area contributed by atoms with Crippen LogP contribution in [0, 0.1) is 58.2 Å². The van der Waals surface area contributed by atoms with Gasteiger partial charge in [-0.05, 0) is 110 Å². The molecule has 0 aromatic heterocycles. The van der Waals surface area contributed by atoms with Crippen LogP contribution in [0.3, 0.4) is 0 Å². The number of ether oxygens (including phenoxy) is 1. The Morgan fingerprint density at radius 1 is 0.861 bits per heavy atom. The van der Waals surface area contributed by atoms with Crippen molar-refractivity contribution in [1.82, 2.24) is 0 Å². The van der Waals surface area contributed by atoms with Crippen molar-refractivity contribution in [3.05, 3.63) is 12.2 Å². The van der Waals surface area contributed by atoms with Crippen LogP contribution in [0.2, 0.25) is 0 Å². The van der Waals surface area contributed by atoms with Gasteiger partial charge in [-0.25, -0.2) is 0 Å². The average Bonchev–Trinajstić information content (AvgIpc) is 3.22. The van der Waals surface area contributed by atoms with Gasteiger partial charge < -0.3 is 4.74 Å². The molecule has 0 bridgehead atoms. The molecule has 0 aromatic carbocycles. The number of hydrogen-bond acceptors (Lipinski definition) is 2. The molecule has 9 atom stereocenters. The highest BCUT2D eigenvalue weighted by Crippen LogP contribution is 2.67. The van der Waals surface area contributed by atoms with Crippen LogP contribution >= 0.6 is 0 Å². The fourth-order valence-electron chi connectivity index (χ4n) is 10.3. The van der Waals surface area contributed by atoms with E-state index < -0.39 is 0 Å². The zero-order valence-electron chi connectivity index (χ0n) is 24.3. The molecule has 9 unspecified atom stereocenters. The third-order valence-corrected chi connectivity index (χ3v) is 12.5. The van der Waals surface area contributed by atoms with E-state index in [0.717, 1.165) is 61.2 Å². The normalized spacial score (nSPS) is 43.5. The Kier molecular flexibility index (Phi) is 8.01. The largest absolute Gasteiger partial charge is 0.462 e. The van der Waals surface area contributed by atoms with Gasteiger partial charge in [-0.15, -0.1) is 0 Å². The summed E-state index contributed by atoms with van der Waals surface area (Å²) < 4.78 is 6.16. The molecule has 0 spiro atoms. The molecule has 5 rings (SSSR count). The molecule has 4 saturated carbocycles. The lowest BCUT2D eigenvalue weighted by Gasteiger charge is -2.59. The maximum Gasteiger partial charge on any atom is 0.309 e. The standard InChI is InChI=1S/C34H56O2/c1-23(2)10-9-11-24(3)29-16-17-30-28-15-14-26-22-27(36-32(35)25-12-7-6-8-13-25)18-20-33(26,4)31(28)19-21-34(29,30)5/h14-15,23-31H,6-13,16-22H2,1-5H3. The second-order valence-corrected chi connectivity index (χ2v) is 15.0. The molecule has 0 saturated heterocycles. The van der Waals surface area contributed by atoms with Gasteiger partial charge in [-0.1, -0.05) is 85.3 Å². The highest BCUT2D eigenvalue weighted by atomic mass is 16.5. The molecule has 0 aliphatic heterocycles. The lowest BCUT2D eigenvalue weighted by atomic mass is 9.46. The van der Waals surface area contributed by atoms with E-state index in [1.165, 1.54) is 70.6 Å². The van der Waals surface area contributed by atoms with Gasteiger partial charge in [0, 0.05) is 0 Å². The summed E-state index contributed by atoms with van der Waals surface area (Å²) in [6.07, 6.45) is 24.6. The number of carbonyl (C=O) groups is 1. The Morgan fingerprint density at radius 2 is 1.58 bits per heavy atom. The third kappa shape index (κ3) is 4.98. The summed E-state index contributed by atoms with van der Waals surface area (Å²) >= 11 is 0. The Hall–Kier alpha value is -0.790. The minimum Gasteiger partial charge on any atom is -0.462 e. The van der Waals surface area contributed by atoms with Crippen LogP contribution in [0.4, 0.5) is 0 Å². The van der Waals surface area contributed by atoms with Gasteiger partial charge in [0.1, 0.15) is 6.10 Å². The van der Waals surface area contributed by atoms with Gasteiger partial charge in [0.05, 0.1) is 5.92 Å². The van der Waals surface area contributed by atoms with Gasteiger partial charge in [0.15, 0.2) is 0 Å². The second kappa shape index (κ2) is 10.8. The Bertz CT molecular complexity index is 793. The molecular formula is C34H56O2. The summed E-state index contributed by atoms with van der Waals surface area (Å²) in [5.41, 5.74) is 0.939. The van der Waals surface area contributed by atoms with Crippen molar-refractivity contribution in [2.75, 3.05) is 0 Å². The second-order valence-electron chi connectivity index (χ2n) is 15.0. The van der Waals surface area contributed by atoms with Gasteiger partial charge in [-0.3, -0.25) is 4.79 Å². The van der Waals surface area contributed by atoms with Crippen LogP contribution in [0.15, 0.2) is 12.2 Å². The molecule has 5 aliphatic rings. The molecule has 2 nitrogen and oxygen atoms in total. The topological polar surface area (TPSA) is 26.3 Å². The average molecular weight is 497 g/mol. The summed E-state index contributed by atoms with van der Waals surface area (Å²) in [6.45, 7) is 12.6. The number of carbonyl (C=O) groups excluding carboxylic acids is 1. The zero-order chi connectivity index (χ0) is 25.5. The minimum absolute atomic E-state index is 0.119. The van der Waals surface area contributed by atoms with Crippen LogP contribution in [0.5, 0.6) is 0 Å². The molecule has 0 N–H and O–H groups in total. The van der Waals surface area contributed by atoms with Gasteiger partial charge >= 0.3 is 5.97 Å². The van der Waals surface area contributed by atoms with E-state index >= 15 is 0 Å². The van der Waals surface area contributed by atoms with Crippen LogP contribution in [0.1, 0.15) is 131 Å². The highest BCUT2D eigenvalue weighted by molar-refractivity contribution is 5.72. The Morgan fingerprint density at radius 3 is 2.33 bits per heavy atom. The van der Waals surface area contributed by atoms with E-state index in [-0.39, 0.29) is 18.0 Å². The molecule has 36 heavy (non-hydrogen) atoms. The van der Waals surface area contributed by atoms with Crippen LogP contribution in [0.25, 0.3) is 0 Å². The lowest BCUT2D eigenvalue weighted by molar-refractivity contribution is -0.161. The fourth-order valence-corrected chi connectivity index (χ4v) is 10.3. The van der Waals surface area contributed by atoms with E-state index in [0.29, 0.717) is 16.7 Å². The van der Waals surface area contributed by atoms with Crippen molar-refractivity contribution in [3.63, 3.8) is 0 Å². The number of fused-ring (bicyclic) bond motifs is 5. The van der Waals surface area contributed by atoms with Gasteiger partial charge in [0.25, 0.3) is 0 Å². The molecule has 5 aliphatic carbocycles. The molecule has 0 heterocycles. The predicted octanol–water partition coefficient (Wildman–Crippen LogP) is 9.38. The number of esters is 1. The van der Waals surface area contributed by atoms with Crippen LogP contribution in [-0.2, 0) is 9.53 Å². The SMILES string of the molecule is CC(C)CCCC(C)C1CCC2C3C=CC4CC(OC(=O)C5CCCCC5)CCC4(C)C3CCC12C. The fraction of sp³-hybridized carbons (Fsp3) is 0.912. The van der Waals surface area contributed by atoms with Crippen LogP contribution < -0.4 is 0 Å². The van der Waals surface area contributed by atoms with Crippen molar-refractivity contribution >= 4 is 5.97 Å². The molecule has 4 fully saturated rings. The van der Waals surface area contributed by atoms with Crippen molar-refractivity contribution in [2.24, 2.45) is 58.2 Å². The molecule has 0 amide bonds. The van der Waals surface area contributed by atoms with Crippen LogP contribution in [-0.4, -0.2) is 12.1 Å². The Labute approximate surface area is 222 Å². The summed E-state index contributed by atoms with van der Waals surface area (Å²) in [5, 5.41) is 0. The molecule has 0 aromatic rings. The van der Waals surface area contributed by atoms with E-state index in [1.54, 1.807) is 0 Å². The summed E-state index contributed by atoms with van der Waals surface area (Å²) in [5.74, 6) is 6.01. The zero-order valence-corrected chi connectivity index (χ0v) is 24.3. The first-order chi connectivity index (χ1) is 17.2. The van der Waals surface area contributed by atoms with Crippen molar-refractivity contribution < 1.29 is 9.53 Å². The summed E-state index contributed by atoms with van der Waals surface area (Å²) in [4.78, 5) is 12.8. The summed E-state index contributed by atoms with van der Waals surface area (Å²) in [6, 6.07) is 0. The van der Waals surface area contributed by atoms with E-state index in [1.807, 2.05) is 0 Å². The maximum atomic E-state index is 12.8. The van der Waals surface area contributed by atoms with E-state index in [2.05, 4.69) is 46.8 Å². The highest BCUT2D eigenvalue weighted by Gasteiger charge is 2.59. The smallest absolute Gasteiger partial charge is 0.309 e. The monoisotopic (exact) mass is 496 g/mol. The third-order valence-electron chi connectivity index (χ3n) is 12.5. The first kappa shape index (κ1) is 26.8. The Balaban J connectivity index is 1.23. The quantitative estimate of drug-likeness (QED) is 0.259. The predicted molar refractivity (Wildman–Crippen MR) is 149 cm³/mol. The molecule has 0 radical (unpaired) electrons. The van der Waals surface area contributed by atoms with Crippen molar-refractivity contribution in [3.8, 4) is 0 Å².